The Labute approximate surface area is 182 Å². The van der Waals surface area contributed by atoms with E-state index in [4.69, 9.17) is 4.74 Å². The first-order chi connectivity index (χ1) is 14.4. The van der Waals surface area contributed by atoms with Gasteiger partial charge in [-0.3, -0.25) is 4.79 Å². The zero-order valence-corrected chi connectivity index (χ0v) is 18.6. The molecule has 0 unspecified atom stereocenters. The van der Waals surface area contributed by atoms with Crippen LogP contribution in [0.15, 0.2) is 63.1 Å². The summed E-state index contributed by atoms with van der Waals surface area (Å²) in [7, 11) is -1.81. The van der Waals surface area contributed by atoms with E-state index in [0.29, 0.717) is 18.9 Å². The zero-order valence-electron chi connectivity index (χ0n) is 16.1. The Hall–Kier alpha value is -2.18. The lowest BCUT2D eigenvalue weighted by atomic mass is 10.3. The van der Waals surface area contributed by atoms with Crippen LogP contribution in [0.2, 0.25) is 0 Å². The fourth-order valence-corrected chi connectivity index (χ4v) is 6.45. The summed E-state index contributed by atoms with van der Waals surface area (Å²) in [4.78, 5) is 18.3. The molecule has 3 aromatic rings. The molecular weight excluding hydrogens is 444 g/mol. The molecule has 1 aromatic carbocycles. The number of amides is 1. The molecule has 1 aliphatic rings. The second-order valence-electron chi connectivity index (χ2n) is 6.53. The molecule has 11 heteroatoms. The predicted molar refractivity (Wildman–Crippen MR) is 116 cm³/mol. The summed E-state index contributed by atoms with van der Waals surface area (Å²) in [6, 6.07) is 8.82. The third-order valence-electron chi connectivity index (χ3n) is 4.52. The number of aryl methyl sites for hydroxylation is 1. The van der Waals surface area contributed by atoms with E-state index in [0.717, 1.165) is 21.4 Å². The first kappa shape index (κ1) is 21.1. The molecule has 0 aliphatic carbocycles. The van der Waals surface area contributed by atoms with Crippen LogP contribution in [0.3, 0.4) is 0 Å². The van der Waals surface area contributed by atoms with Crippen LogP contribution in [0.25, 0.3) is 0 Å². The summed E-state index contributed by atoms with van der Waals surface area (Å²) in [5.74, 6) is -0.443. The highest BCUT2D eigenvalue weighted by molar-refractivity contribution is 7.99. The van der Waals surface area contributed by atoms with E-state index in [1.165, 1.54) is 22.1 Å². The van der Waals surface area contributed by atoms with E-state index in [9.17, 15) is 13.2 Å². The van der Waals surface area contributed by atoms with Gasteiger partial charge in [0.1, 0.15) is 9.77 Å². The highest BCUT2D eigenvalue weighted by atomic mass is 32.2. The molecule has 8 nitrogen and oxygen atoms in total. The summed E-state index contributed by atoms with van der Waals surface area (Å²) >= 11 is 2.63. The van der Waals surface area contributed by atoms with Crippen LogP contribution >= 0.6 is 23.1 Å². The topological polar surface area (TPSA) is 93.5 Å². The molecule has 3 heterocycles. The molecule has 0 atom stereocenters. The first-order valence-corrected chi connectivity index (χ1v) is 12.3. The Balaban J connectivity index is 1.47. The molecule has 1 fully saturated rings. The van der Waals surface area contributed by atoms with Crippen LogP contribution < -0.4 is 5.32 Å². The average molecular weight is 465 g/mol. The number of aromatic nitrogens is 2. The Morgan fingerprint density at radius 3 is 2.60 bits per heavy atom. The number of imidazole rings is 1. The lowest BCUT2D eigenvalue weighted by Gasteiger charge is -2.26. The minimum atomic E-state index is -3.74. The number of sulfonamides is 1. The summed E-state index contributed by atoms with van der Waals surface area (Å²) < 4.78 is 34.4. The second-order valence-corrected chi connectivity index (χ2v) is 10.4. The summed E-state index contributed by atoms with van der Waals surface area (Å²) in [6.45, 7) is 1.28. The van der Waals surface area contributed by atoms with Gasteiger partial charge in [0.25, 0.3) is 5.91 Å². The number of thiophene rings is 1. The van der Waals surface area contributed by atoms with E-state index >= 15 is 0 Å². The van der Waals surface area contributed by atoms with E-state index < -0.39 is 15.9 Å². The Morgan fingerprint density at radius 1 is 1.20 bits per heavy atom. The predicted octanol–water partition coefficient (Wildman–Crippen LogP) is 2.91. The average Bonchev–Trinajstić information content (AvgIpc) is 3.40. The van der Waals surface area contributed by atoms with Gasteiger partial charge < -0.3 is 14.6 Å². The zero-order chi connectivity index (χ0) is 21.1. The van der Waals surface area contributed by atoms with Crippen molar-refractivity contribution >= 4 is 44.7 Å². The molecule has 1 N–H and O–H groups in total. The number of ether oxygens (including phenoxy) is 1. The van der Waals surface area contributed by atoms with Gasteiger partial charge in [0.15, 0.2) is 5.16 Å². The van der Waals surface area contributed by atoms with Crippen molar-refractivity contribution in [3.05, 3.63) is 53.0 Å². The lowest BCUT2D eigenvalue weighted by molar-refractivity contribution is 0.0730. The van der Waals surface area contributed by atoms with Crippen LogP contribution in [-0.4, -0.2) is 54.5 Å². The number of carbonyl (C=O) groups is 1. The molecule has 0 saturated carbocycles. The molecule has 0 radical (unpaired) electrons. The van der Waals surface area contributed by atoms with Gasteiger partial charge in [-0.05, 0) is 35.7 Å². The molecule has 4 rings (SSSR count). The number of rotatable bonds is 6. The van der Waals surface area contributed by atoms with Crippen molar-refractivity contribution in [2.24, 2.45) is 7.05 Å². The molecule has 158 valence electrons. The smallest absolute Gasteiger partial charge is 0.267 e. The fraction of sp³-hybridized carbons (Fsp3) is 0.263. The molecule has 0 spiro atoms. The third-order valence-corrected chi connectivity index (χ3v) is 8.59. The fourth-order valence-electron chi connectivity index (χ4n) is 2.94. The minimum Gasteiger partial charge on any atom is -0.379 e. The highest BCUT2D eigenvalue weighted by Crippen LogP contribution is 2.29. The normalized spacial score (nSPS) is 15.2. The quantitative estimate of drug-likeness (QED) is 0.603. The van der Waals surface area contributed by atoms with E-state index in [-0.39, 0.29) is 22.9 Å². The van der Waals surface area contributed by atoms with E-state index in [1.54, 1.807) is 23.7 Å². The van der Waals surface area contributed by atoms with Gasteiger partial charge in [0.05, 0.1) is 13.2 Å². The summed E-state index contributed by atoms with van der Waals surface area (Å²) in [5, 5.41) is 5.28. The number of hydrogen-bond donors (Lipinski definition) is 1. The molecule has 2 aromatic heterocycles. The maximum Gasteiger partial charge on any atom is 0.267 e. The van der Waals surface area contributed by atoms with Crippen molar-refractivity contribution in [1.82, 2.24) is 13.9 Å². The van der Waals surface area contributed by atoms with Gasteiger partial charge in [-0.15, -0.1) is 11.3 Å². The van der Waals surface area contributed by atoms with Crippen molar-refractivity contribution in [2.75, 3.05) is 31.6 Å². The Morgan fingerprint density at radius 2 is 1.93 bits per heavy atom. The van der Waals surface area contributed by atoms with Gasteiger partial charge in [0, 0.05) is 43.1 Å². The van der Waals surface area contributed by atoms with Crippen LogP contribution in [0, 0.1) is 0 Å². The van der Waals surface area contributed by atoms with Crippen molar-refractivity contribution in [3.8, 4) is 0 Å². The number of anilines is 1. The maximum atomic E-state index is 12.9. The second kappa shape index (κ2) is 8.90. The monoisotopic (exact) mass is 464 g/mol. The van der Waals surface area contributed by atoms with Crippen LogP contribution in [-0.2, 0) is 21.8 Å². The number of carbonyl (C=O) groups excluding carboxylic acids is 1. The van der Waals surface area contributed by atoms with Gasteiger partial charge in [-0.25, -0.2) is 13.4 Å². The van der Waals surface area contributed by atoms with Gasteiger partial charge in [-0.2, -0.15) is 4.31 Å². The van der Waals surface area contributed by atoms with E-state index in [2.05, 4.69) is 10.3 Å². The van der Waals surface area contributed by atoms with Crippen molar-refractivity contribution in [3.63, 3.8) is 0 Å². The molecule has 1 amide bonds. The number of nitrogens with one attached hydrogen (secondary N) is 1. The third kappa shape index (κ3) is 4.44. The van der Waals surface area contributed by atoms with Gasteiger partial charge in [-0.1, -0.05) is 11.8 Å². The Bertz CT molecular complexity index is 1130. The van der Waals surface area contributed by atoms with Crippen LogP contribution in [0.1, 0.15) is 9.67 Å². The van der Waals surface area contributed by atoms with Crippen LogP contribution in [0.4, 0.5) is 5.69 Å². The molecule has 1 saturated heterocycles. The van der Waals surface area contributed by atoms with Gasteiger partial charge >= 0.3 is 0 Å². The maximum absolute atomic E-state index is 12.9. The Kier molecular flexibility index (Phi) is 6.25. The number of hydrogen-bond acceptors (Lipinski definition) is 7. The van der Waals surface area contributed by atoms with Crippen molar-refractivity contribution < 1.29 is 17.9 Å². The van der Waals surface area contributed by atoms with E-state index in [1.807, 2.05) is 29.9 Å². The largest absolute Gasteiger partial charge is 0.379 e. The molecule has 30 heavy (non-hydrogen) atoms. The molecule has 0 bridgehead atoms. The number of nitrogens with zero attached hydrogens (tertiary/aromatic N) is 3. The SMILES string of the molecule is Cn1ccnc1Sc1ccc(NC(=O)c2sccc2S(=O)(=O)N2CCOCC2)cc1. The van der Waals surface area contributed by atoms with Crippen LogP contribution in [0.5, 0.6) is 0 Å². The first-order valence-electron chi connectivity index (χ1n) is 9.17. The summed E-state index contributed by atoms with van der Waals surface area (Å²) in [6.07, 6.45) is 3.61. The molecular formula is C19H20N4O4S3. The molecule has 1 aliphatic heterocycles. The number of benzene rings is 1. The van der Waals surface area contributed by atoms with Crippen molar-refractivity contribution in [2.45, 2.75) is 14.9 Å². The number of morpholine rings is 1. The minimum absolute atomic E-state index is 0.0360. The lowest BCUT2D eigenvalue weighted by Crippen LogP contribution is -2.41. The standard InChI is InChI=1S/C19H20N4O4S3/c1-22-8-7-20-19(22)29-15-4-2-14(3-5-15)21-18(24)17-16(6-13-28-17)30(25,26)23-9-11-27-12-10-23/h2-8,13H,9-12H2,1H3,(H,21,24). The van der Waals surface area contributed by atoms with Crippen molar-refractivity contribution in [1.29, 1.82) is 0 Å². The van der Waals surface area contributed by atoms with Gasteiger partial charge in [0.2, 0.25) is 10.0 Å². The summed E-state index contributed by atoms with van der Waals surface area (Å²) in [5.41, 5.74) is 0.590. The highest BCUT2D eigenvalue weighted by Gasteiger charge is 2.31.